The largest absolute Gasteiger partial charge is 0.493 e. The van der Waals surface area contributed by atoms with Crippen molar-refractivity contribution in [1.29, 1.82) is 0 Å². The Labute approximate surface area is 166 Å². The number of fused-ring (bicyclic) bond motifs is 3. The fourth-order valence-corrected chi connectivity index (χ4v) is 3.43. The Morgan fingerprint density at radius 1 is 1.10 bits per heavy atom. The number of hydrogen-bond acceptors (Lipinski definition) is 5. The van der Waals surface area contributed by atoms with Crippen LogP contribution in [0.15, 0.2) is 41.2 Å². The Hall–Kier alpha value is -3.42. The molecule has 0 unspecified atom stereocenters. The zero-order valence-corrected chi connectivity index (χ0v) is 16.5. The van der Waals surface area contributed by atoms with Gasteiger partial charge in [0.2, 0.25) is 0 Å². The lowest BCUT2D eigenvalue weighted by molar-refractivity contribution is 0.355. The van der Waals surface area contributed by atoms with Gasteiger partial charge in [-0.1, -0.05) is 25.1 Å². The molecule has 29 heavy (non-hydrogen) atoms. The average Bonchev–Trinajstić information content (AvgIpc) is 3.16. The normalized spacial score (nSPS) is 11.3. The van der Waals surface area contributed by atoms with Crippen LogP contribution in [0.1, 0.15) is 24.7 Å². The van der Waals surface area contributed by atoms with Crippen LogP contribution in [0.5, 0.6) is 11.5 Å². The van der Waals surface area contributed by atoms with Crippen LogP contribution in [0.2, 0.25) is 0 Å². The van der Waals surface area contributed by atoms with Crippen LogP contribution < -0.4 is 15.2 Å². The van der Waals surface area contributed by atoms with Gasteiger partial charge in [-0.05, 0) is 18.6 Å². The first-order chi connectivity index (χ1) is 14.1. The number of halogens is 1. The second-order valence-corrected chi connectivity index (χ2v) is 6.70. The third-order valence-corrected chi connectivity index (χ3v) is 4.86. The third kappa shape index (κ3) is 3.20. The lowest BCUT2D eigenvalue weighted by atomic mass is 10.1. The molecule has 0 saturated heterocycles. The molecule has 0 fully saturated rings. The van der Waals surface area contributed by atoms with Crippen molar-refractivity contribution in [1.82, 2.24) is 19.2 Å². The van der Waals surface area contributed by atoms with E-state index in [4.69, 9.17) is 9.47 Å². The summed E-state index contributed by atoms with van der Waals surface area (Å²) in [6.07, 6.45) is 1.51. The quantitative estimate of drug-likeness (QED) is 0.501. The van der Waals surface area contributed by atoms with Crippen molar-refractivity contribution in [3.8, 4) is 11.5 Å². The summed E-state index contributed by atoms with van der Waals surface area (Å²) >= 11 is 0. The standard InChI is InChI=1S/C21H21FN4O3/c1-4-7-19-23-20-14-10-17(28-2)18(29-3)11-16(14)25(21(27)26(20)24-19)12-13-8-5-6-9-15(13)22/h5-6,8-11H,4,7,12H2,1-3H3. The van der Waals surface area contributed by atoms with Gasteiger partial charge in [-0.2, -0.15) is 4.52 Å². The highest BCUT2D eigenvalue weighted by atomic mass is 19.1. The van der Waals surface area contributed by atoms with Crippen LogP contribution in [0, 0.1) is 5.82 Å². The van der Waals surface area contributed by atoms with Gasteiger partial charge in [0, 0.05) is 23.4 Å². The van der Waals surface area contributed by atoms with Gasteiger partial charge < -0.3 is 9.47 Å². The minimum absolute atomic E-state index is 0.0520. The van der Waals surface area contributed by atoms with Gasteiger partial charge in [0.05, 0.1) is 26.3 Å². The minimum Gasteiger partial charge on any atom is -0.493 e. The molecule has 2 aromatic carbocycles. The Kier molecular flexibility index (Phi) is 4.92. The molecular weight excluding hydrogens is 375 g/mol. The van der Waals surface area contributed by atoms with Crippen molar-refractivity contribution < 1.29 is 13.9 Å². The maximum Gasteiger partial charge on any atom is 0.351 e. The van der Waals surface area contributed by atoms with Gasteiger partial charge in [-0.3, -0.25) is 4.57 Å². The number of aromatic nitrogens is 4. The third-order valence-electron chi connectivity index (χ3n) is 4.86. The molecule has 0 aliphatic rings. The number of ether oxygens (including phenoxy) is 2. The first-order valence-electron chi connectivity index (χ1n) is 9.35. The van der Waals surface area contributed by atoms with Crippen LogP contribution in [0.4, 0.5) is 4.39 Å². The predicted molar refractivity (Wildman–Crippen MR) is 107 cm³/mol. The topological polar surface area (TPSA) is 70.7 Å². The highest BCUT2D eigenvalue weighted by Crippen LogP contribution is 2.33. The van der Waals surface area contributed by atoms with E-state index < -0.39 is 5.69 Å². The van der Waals surface area contributed by atoms with E-state index in [1.165, 1.54) is 22.3 Å². The van der Waals surface area contributed by atoms with Crippen molar-refractivity contribution in [2.75, 3.05) is 14.2 Å². The Morgan fingerprint density at radius 2 is 1.83 bits per heavy atom. The fraction of sp³-hybridized carbons (Fsp3) is 0.286. The van der Waals surface area contributed by atoms with Gasteiger partial charge in [-0.15, -0.1) is 5.10 Å². The maximum atomic E-state index is 14.3. The molecule has 4 rings (SSSR count). The maximum absolute atomic E-state index is 14.3. The van der Waals surface area contributed by atoms with E-state index in [1.54, 1.807) is 37.4 Å². The molecule has 0 N–H and O–H groups in total. The van der Waals surface area contributed by atoms with Crippen LogP contribution in [-0.4, -0.2) is 33.4 Å². The molecule has 0 spiro atoms. The van der Waals surface area contributed by atoms with Gasteiger partial charge in [0.1, 0.15) is 5.82 Å². The van der Waals surface area contributed by atoms with Crippen LogP contribution in [0.3, 0.4) is 0 Å². The van der Waals surface area contributed by atoms with E-state index in [0.717, 1.165) is 6.42 Å². The van der Waals surface area contributed by atoms with E-state index in [0.29, 0.717) is 45.9 Å². The summed E-state index contributed by atoms with van der Waals surface area (Å²) in [7, 11) is 3.07. The summed E-state index contributed by atoms with van der Waals surface area (Å²) in [5, 5.41) is 5.06. The second-order valence-electron chi connectivity index (χ2n) is 6.70. The van der Waals surface area contributed by atoms with Crippen molar-refractivity contribution in [3.63, 3.8) is 0 Å². The minimum atomic E-state index is -0.391. The van der Waals surface area contributed by atoms with Crippen molar-refractivity contribution in [3.05, 3.63) is 64.1 Å². The summed E-state index contributed by atoms with van der Waals surface area (Å²) in [4.78, 5) is 17.8. The van der Waals surface area contributed by atoms with Crippen molar-refractivity contribution in [2.45, 2.75) is 26.3 Å². The Morgan fingerprint density at radius 3 is 2.52 bits per heavy atom. The van der Waals surface area contributed by atoms with Gasteiger partial charge in [-0.25, -0.2) is 14.2 Å². The smallest absolute Gasteiger partial charge is 0.351 e. The van der Waals surface area contributed by atoms with E-state index in [9.17, 15) is 9.18 Å². The van der Waals surface area contributed by atoms with Crippen molar-refractivity contribution in [2.24, 2.45) is 0 Å². The molecule has 7 nitrogen and oxygen atoms in total. The summed E-state index contributed by atoms with van der Waals surface area (Å²) in [6.45, 7) is 2.07. The van der Waals surface area contributed by atoms with E-state index in [-0.39, 0.29) is 12.4 Å². The molecule has 0 radical (unpaired) electrons. The molecule has 0 bridgehead atoms. The molecular formula is C21H21FN4O3. The Balaban J connectivity index is 2.07. The van der Waals surface area contributed by atoms with Crippen LogP contribution >= 0.6 is 0 Å². The lowest BCUT2D eigenvalue weighted by Crippen LogP contribution is -2.28. The molecule has 2 aromatic heterocycles. The summed E-state index contributed by atoms with van der Waals surface area (Å²) < 4.78 is 27.9. The predicted octanol–water partition coefficient (Wildman–Crippen LogP) is 3.20. The van der Waals surface area contributed by atoms with Crippen LogP contribution in [-0.2, 0) is 13.0 Å². The Bertz CT molecular complexity index is 1260. The van der Waals surface area contributed by atoms with Gasteiger partial charge in [0.25, 0.3) is 0 Å². The van der Waals surface area contributed by atoms with Crippen LogP contribution in [0.25, 0.3) is 16.6 Å². The van der Waals surface area contributed by atoms with Gasteiger partial charge in [0.15, 0.2) is 23.0 Å². The molecule has 0 aliphatic carbocycles. The molecule has 150 valence electrons. The van der Waals surface area contributed by atoms with E-state index in [1.807, 2.05) is 6.92 Å². The van der Waals surface area contributed by atoms with Crippen molar-refractivity contribution >= 4 is 16.6 Å². The van der Waals surface area contributed by atoms with E-state index >= 15 is 0 Å². The molecule has 4 aromatic rings. The average molecular weight is 396 g/mol. The first kappa shape index (κ1) is 18.9. The number of rotatable bonds is 6. The number of methoxy groups -OCH3 is 2. The SMILES string of the molecule is CCCc1nc2c3cc(OC)c(OC)cc3n(Cc3ccccc3F)c(=O)n2n1. The summed E-state index contributed by atoms with van der Waals surface area (Å²) in [5.74, 6) is 1.19. The molecule has 0 amide bonds. The molecule has 0 atom stereocenters. The monoisotopic (exact) mass is 396 g/mol. The highest BCUT2D eigenvalue weighted by molar-refractivity contribution is 5.94. The number of hydrogen-bond donors (Lipinski definition) is 0. The summed E-state index contributed by atoms with van der Waals surface area (Å²) in [6, 6.07) is 9.87. The first-order valence-corrected chi connectivity index (χ1v) is 9.35. The number of aryl methyl sites for hydroxylation is 1. The molecule has 0 saturated carbocycles. The highest BCUT2D eigenvalue weighted by Gasteiger charge is 2.19. The zero-order chi connectivity index (χ0) is 20.5. The molecule has 2 heterocycles. The zero-order valence-electron chi connectivity index (χ0n) is 16.5. The summed E-state index contributed by atoms with van der Waals surface area (Å²) in [5.41, 5.74) is 1.02. The molecule has 0 aliphatic heterocycles. The van der Waals surface area contributed by atoms with Gasteiger partial charge >= 0.3 is 5.69 Å². The molecule has 8 heteroatoms. The number of nitrogens with zero attached hydrogens (tertiary/aromatic N) is 4. The number of benzene rings is 2. The fourth-order valence-electron chi connectivity index (χ4n) is 3.43. The van der Waals surface area contributed by atoms with E-state index in [2.05, 4.69) is 10.1 Å². The second kappa shape index (κ2) is 7.54. The lowest BCUT2D eigenvalue weighted by Gasteiger charge is -2.14.